The molecular formula is C30H30F2N5O6PS. The molecule has 11 nitrogen and oxygen atoms in total. The van der Waals surface area contributed by atoms with Crippen molar-refractivity contribution in [1.82, 2.24) is 20.4 Å². The van der Waals surface area contributed by atoms with E-state index in [1.807, 2.05) is 6.07 Å². The van der Waals surface area contributed by atoms with Gasteiger partial charge in [0.05, 0.1) is 16.6 Å². The van der Waals surface area contributed by atoms with Crippen LogP contribution < -0.4 is 10.2 Å². The van der Waals surface area contributed by atoms with E-state index in [-0.39, 0.29) is 28.1 Å². The first-order chi connectivity index (χ1) is 21.3. The molecule has 45 heavy (non-hydrogen) atoms. The molecule has 3 atom stereocenters. The third-order valence-corrected chi connectivity index (χ3v) is 10.7. The monoisotopic (exact) mass is 657 g/mol. The minimum absolute atomic E-state index is 0.134. The van der Waals surface area contributed by atoms with Gasteiger partial charge in [-0.2, -0.15) is 19.0 Å². The van der Waals surface area contributed by atoms with E-state index in [1.54, 1.807) is 36.3 Å². The van der Waals surface area contributed by atoms with Gasteiger partial charge < -0.3 is 24.9 Å². The molecule has 2 fully saturated rings. The van der Waals surface area contributed by atoms with Crippen LogP contribution in [-0.4, -0.2) is 67.8 Å². The first kappa shape index (κ1) is 31.2. The highest BCUT2D eigenvalue weighted by Gasteiger charge is 2.50. The number of hydrogen-bond acceptors (Lipinski definition) is 7. The van der Waals surface area contributed by atoms with Gasteiger partial charge in [0, 0.05) is 34.4 Å². The molecule has 4 aromatic rings. The van der Waals surface area contributed by atoms with Crippen molar-refractivity contribution >= 4 is 63.3 Å². The molecule has 0 aliphatic carbocycles. The number of aromatic nitrogens is 2. The quantitative estimate of drug-likeness (QED) is 0.251. The van der Waals surface area contributed by atoms with Crippen molar-refractivity contribution in [3.63, 3.8) is 0 Å². The number of likely N-dealkylation sites (N-methyl/N-ethyl adjacent to an activating group) is 1. The summed E-state index contributed by atoms with van der Waals surface area (Å²) in [6, 6.07) is 9.99. The van der Waals surface area contributed by atoms with Crippen LogP contribution in [-0.2, 0) is 19.8 Å². The molecule has 0 saturated carbocycles. The molecule has 4 heterocycles. The van der Waals surface area contributed by atoms with Gasteiger partial charge in [-0.3, -0.25) is 18.9 Å². The maximum Gasteiger partial charge on any atom is 0.399 e. The summed E-state index contributed by atoms with van der Waals surface area (Å²) in [7, 11) is -4.09. The summed E-state index contributed by atoms with van der Waals surface area (Å²) in [5.41, 5.74) is -3.89. The van der Waals surface area contributed by atoms with Gasteiger partial charge in [-0.05, 0) is 73.5 Å². The van der Waals surface area contributed by atoms with Crippen LogP contribution in [0.1, 0.15) is 53.8 Å². The van der Waals surface area contributed by atoms with Gasteiger partial charge in [-0.25, -0.2) is 0 Å². The number of fused-ring (bicyclic) bond motifs is 3. The zero-order valence-corrected chi connectivity index (χ0v) is 25.8. The average Bonchev–Trinajstić information content (AvgIpc) is 3.64. The fourth-order valence-corrected chi connectivity index (χ4v) is 7.60. The SMILES string of the molecule is CN(C(=O)[C@@H]1CC[C@@H]2CCCC[C@H](NC(=O)c3cc4cc(C(F)(F)P(=O)(O)O)ccc4s3)C(=O)N21)c1ccc2nnccc2c1. The van der Waals surface area contributed by atoms with Gasteiger partial charge >= 0.3 is 13.3 Å². The zero-order valence-electron chi connectivity index (χ0n) is 24.1. The first-order valence-electron chi connectivity index (χ1n) is 14.4. The van der Waals surface area contributed by atoms with Crippen LogP contribution in [0, 0.1) is 0 Å². The van der Waals surface area contributed by atoms with Crippen LogP contribution in [0.25, 0.3) is 21.0 Å². The van der Waals surface area contributed by atoms with Crippen LogP contribution in [0.15, 0.2) is 54.7 Å². The Labute approximate surface area is 260 Å². The Bertz CT molecular complexity index is 1860. The van der Waals surface area contributed by atoms with Crippen molar-refractivity contribution < 1.29 is 37.5 Å². The number of rotatable bonds is 6. The second-order valence-corrected chi connectivity index (χ2v) is 14.2. The van der Waals surface area contributed by atoms with Gasteiger partial charge in [0.15, 0.2) is 0 Å². The minimum atomic E-state index is -5.76. The highest BCUT2D eigenvalue weighted by atomic mass is 32.1. The van der Waals surface area contributed by atoms with Crippen LogP contribution in [0.2, 0.25) is 0 Å². The smallest absolute Gasteiger partial charge is 0.340 e. The number of halogens is 2. The molecule has 2 aliphatic rings. The van der Waals surface area contributed by atoms with Crippen LogP contribution >= 0.6 is 18.9 Å². The van der Waals surface area contributed by atoms with Gasteiger partial charge in [0.2, 0.25) is 11.8 Å². The Morgan fingerprint density at radius 2 is 1.82 bits per heavy atom. The van der Waals surface area contributed by atoms with E-state index in [9.17, 15) is 27.7 Å². The number of benzene rings is 2. The molecule has 0 unspecified atom stereocenters. The topological polar surface area (TPSA) is 153 Å². The number of thiophene rings is 1. The number of carbonyl (C=O) groups is 3. The van der Waals surface area contributed by atoms with Gasteiger partial charge in [-0.15, -0.1) is 11.3 Å². The highest BCUT2D eigenvalue weighted by Crippen LogP contribution is 2.59. The van der Waals surface area contributed by atoms with E-state index >= 15 is 0 Å². The van der Waals surface area contributed by atoms with Gasteiger partial charge in [-0.1, -0.05) is 18.9 Å². The molecule has 0 bridgehead atoms. The molecule has 6 rings (SSSR count). The Morgan fingerprint density at radius 1 is 1.04 bits per heavy atom. The van der Waals surface area contributed by atoms with Gasteiger partial charge in [0.1, 0.15) is 12.1 Å². The standard InChI is InChI=1S/C30H30F2N5O6PS/c1-36(21-7-9-22-17(15-21)12-13-33-35-22)29(40)24-10-8-20-4-2-3-5-23(28(39)37(20)24)34-27(38)26-16-18-14-19(6-11-25(18)45-26)30(31,32)44(41,42)43/h6-7,9,11-16,20,23-24H,2-5,8,10H2,1H3,(H,34,38)(H2,41,42,43)/t20-,23-,24-/m0/s1. The lowest BCUT2D eigenvalue weighted by atomic mass is 9.99. The number of nitrogens with one attached hydrogen (secondary N) is 1. The minimum Gasteiger partial charge on any atom is -0.340 e. The number of alkyl halides is 2. The summed E-state index contributed by atoms with van der Waals surface area (Å²) in [5, 5.41) is 11.8. The van der Waals surface area contributed by atoms with E-state index in [0.717, 1.165) is 41.7 Å². The van der Waals surface area contributed by atoms with Crippen molar-refractivity contribution in [1.29, 1.82) is 0 Å². The molecule has 2 aliphatic heterocycles. The molecule has 3 amide bonds. The third-order valence-electron chi connectivity index (χ3n) is 8.59. The van der Waals surface area contributed by atoms with E-state index in [4.69, 9.17) is 9.79 Å². The van der Waals surface area contributed by atoms with E-state index in [2.05, 4.69) is 15.5 Å². The maximum atomic E-state index is 14.3. The van der Waals surface area contributed by atoms with Crippen molar-refractivity contribution in [2.75, 3.05) is 11.9 Å². The number of hydrogen-bond donors (Lipinski definition) is 3. The molecule has 0 radical (unpaired) electrons. The fourth-order valence-electron chi connectivity index (χ4n) is 6.18. The maximum absolute atomic E-state index is 14.3. The van der Waals surface area contributed by atoms with Crippen LogP contribution in [0.5, 0.6) is 0 Å². The summed E-state index contributed by atoms with van der Waals surface area (Å²) in [6.07, 6.45) is 5.39. The summed E-state index contributed by atoms with van der Waals surface area (Å²) in [5.74, 6) is -1.14. The van der Waals surface area contributed by atoms with Crippen LogP contribution in [0.4, 0.5) is 14.5 Å². The van der Waals surface area contributed by atoms with Crippen LogP contribution in [0.3, 0.4) is 0 Å². The molecule has 0 spiro atoms. The number of anilines is 1. The lowest BCUT2D eigenvalue weighted by Crippen LogP contribution is -2.56. The third kappa shape index (κ3) is 5.83. The number of amides is 3. The van der Waals surface area contributed by atoms with E-state index in [1.165, 1.54) is 17.0 Å². The summed E-state index contributed by atoms with van der Waals surface area (Å²) < 4.78 is 40.3. The predicted octanol–water partition coefficient (Wildman–Crippen LogP) is 4.77. The second-order valence-electron chi connectivity index (χ2n) is 11.4. The summed E-state index contributed by atoms with van der Waals surface area (Å²) in [6.45, 7) is 0. The average molecular weight is 658 g/mol. The lowest BCUT2D eigenvalue weighted by molar-refractivity contribution is -0.141. The normalized spacial score (nSPS) is 21.0. The van der Waals surface area contributed by atoms with Crippen molar-refractivity contribution in [3.8, 4) is 0 Å². The van der Waals surface area contributed by atoms with E-state index in [0.29, 0.717) is 41.6 Å². The molecule has 15 heteroatoms. The highest BCUT2D eigenvalue weighted by molar-refractivity contribution is 7.52. The first-order valence-corrected chi connectivity index (χ1v) is 16.9. The van der Waals surface area contributed by atoms with Crippen molar-refractivity contribution in [2.24, 2.45) is 0 Å². The predicted molar refractivity (Wildman–Crippen MR) is 164 cm³/mol. The van der Waals surface area contributed by atoms with Gasteiger partial charge in [0.25, 0.3) is 5.91 Å². The molecule has 236 valence electrons. The summed E-state index contributed by atoms with van der Waals surface area (Å²) >= 11 is 1.01. The Morgan fingerprint density at radius 3 is 2.60 bits per heavy atom. The lowest BCUT2D eigenvalue weighted by Gasteiger charge is -2.36. The van der Waals surface area contributed by atoms with Crippen molar-refractivity contribution in [2.45, 2.75) is 62.3 Å². The Hall–Kier alpha value is -3.84. The number of carbonyl (C=O) groups excluding carboxylic acids is 3. The molecule has 3 N–H and O–H groups in total. The second kappa shape index (κ2) is 11.8. The largest absolute Gasteiger partial charge is 0.399 e. The fraction of sp³-hybridized carbons (Fsp3) is 0.367. The zero-order chi connectivity index (χ0) is 32.1. The molecule has 2 saturated heterocycles. The molecule has 2 aromatic heterocycles. The molecular weight excluding hydrogens is 627 g/mol. The molecule has 2 aromatic carbocycles. The summed E-state index contributed by atoms with van der Waals surface area (Å²) in [4.78, 5) is 62.7. The van der Waals surface area contributed by atoms with E-state index < -0.39 is 36.8 Å². The Balaban J connectivity index is 1.21. The van der Waals surface area contributed by atoms with Crippen molar-refractivity contribution in [3.05, 3.63) is 65.2 Å². The number of nitrogens with zero attached hydrogens (tertiary/aromatic N) is 4. The Kier molecular flexibility index (Phi) is 8.19.